The normalized spacial score (nSPS) is 23.2. The summed E-state index contributed by atoms with van der Waals surface area (Å²) in [6.45, 7) is 2.92. The zero-order valence-corrected chi connectivity index (χ0v) is 13.3. The highest BCUT2D eigenvalue weighted by atomic mass is 16.4. The van der Waals surface area contributed by atoms with E-state index in [1.165, 1.54) is 12.8 Å². The number of aliphatic carboxylic acids is 1. The standard InChI is InChI=1S/C17H22N4O2/c1-11-4-13(8-18)5-16(19-11)20-14-6-15(7-14)21(10-17(22)23)9-12-2-3-12/h4-5,12,14-15H,2-3,6-7,9-10H2,1H3,(H,19,20)(H,22,23). The second-order valence-electron chi connectivity index (χ2n) is 6.73. The van der Waals surface area contributed by atoms with Gasteiger partial charge in [0.15, 0.2) is 0 Å². The first-order valence-electron chi connectivity index (χ1n) is 8.14. The average molecular weight is 314 g/mol. The Labute approximate surface area is 136 Å². The van der Waals surface area contributed by atoms with Gasteiger partial charge in [-0.15, -0.1) is 0 Å². The number of carbonyl (C=O) groups is 1. The van der Waals surface area contributed by atoms with E-state index >= 15 is 0 Å². The zero-order valence-electron chi connectivity index (χ0n) is 13.3. The molecule has 0 amide bonds. The van der Waals surface area contributed by atoms with Gasteiger partial charge in [0.25, 0.3) is 0 Å². The molecule has 23 heavy (non-hydrogen) atoms. The second kappa shape index (κ2) is 6.55. The van der Waals surface area contributed by atoms with E-state index in [4.69, 9.17) is 10.4 Å². The van der Waals surface area contributed by atoms with E-state index in [9.17, 15) is 4.79 Å². The number of anilines is 1. The lowest BCUT2D eigenvalue weighted by Gasteiger charge is -2.43. The molecule has 0 atom stereocenters. The molecular weight excluding hydrogens is 292 g/mol. The van der Waals surface area contributed by atoms with Gasteiger partial charge < -0.3 is 10.4 Å². The third kappa shape index (κ3) is 4.20. The van der Waals surface area contributed by atoms with Gasteiger partial charge in [0, 0.05) is 24.3 Å². The van der Waals surface area contributed by atoms with Crippen LogP contribution in [0.4, 0.5) is 5.82 Å². The average Bonchev–Trinajstić information content (AvgIpc) is 3.24. The number of hydrogen-bond acceptors (Lipinski definition) is 5. The Hall–Kier alpha value is -2.13. The van der Waals surface area contributed by atoms with Gasteiger partial charge in [-0.05, 0) is 50.7 Å². The van der Waals surface area contributed by atoms with Crippen LogP contribution in [0.15, 0.2) is 12.1 Å². The molecule has 1 aromatic rings. The fourth-order valence-corrected chi connectivity index (χ4v) is 3.17. The first kappa shape index (κ1) is 15.8. The van der Waals surface area contributed by atoms with Crippen molar-refractivity contribution in [3.8, 4) is 6.07 Å². The van der Waals surface area contributed by atoms with Gasteiger partial charge in [0.1, 0.15) is 5.82 Å². The Morgan fingerprint density at radius 1 is 1.48 bits per heavy atom. The van der Waals surface area contributed by atoms with Gasteiger partial charge in [-0.25, -0.2) is 4.98 Å². The molecule has 2 fully saturated rings. The molecule has 0 bridgehead atoms. The van der Waals surface area contributed by atoms with Crippen LogP contribution >= 0.6 is 0 Å². The van der Waals surface area contributed by atoms with Crippen LogP contribution in [0.25, 0.3) is 0 Å². The van der Waals surface area contributed by atoms with Crippen LogP contribution in [-0.4, -0.2) is 46.1 Å². The molecule has 0 aliphatic heterocycles. The highest BCUT2D eigenvalue weighted by Crippen LogP contribution is 2.34. The number of rotatable bonds is 7. The van der Waals surface area contributed by atoms with Crippen LogP contribution in [-0.2, 0) is 4.79 Å². The molecule has 1 aromatic heterocycles. The van der Waals surface area contributed by atoms with E-state index < -0.39 is 5.97 Å². The van der Waals surface area contributed by atoms with Crippen molar-refractivity contribution in [2.24, 2.45) is 5.92 Å². The van der Waals surface area contributed by atoms with Crippen molar-refractivity contribution in [3.05, 3.63) is 23.4 Å². The number of nitrogens with one attached hydrogen (secondary N) is 1. The molecule has 2 aliphatic carbocycles. The lowest BCUT2D eigenvalue weighted by molar-refractivity contribution is -0.139. The summed E-state index contributed by atoms with van der Waals surface area (Å²) in [5.74, 6) is 0.677. The van der Waals surface area contributed by atoms with Gasteiger partial charge >= 0.3 is 5.97 Å². The van der Waals surface area contributed by atoms with Crippen LogP contribution in [0.2, 0.25) is 0 Å². The summed E-state index contributed by atoms with van der Waals surface area (Å²) in [6, 6.07) is 6.31. The summed E-state index contributed by atoms with van der Waals surface area (Å²) in [6.07, 6.45) is 4.32. The predicted octanol–water partition coefficient (Wildman–Crippen LogP) is 2.00. The minimum absolute atomic E-state index is 0.134. The monoisotopic (exact) mass is 314 g/mol. The molecule has 1 heterocycles. The van der Waals surface area contributed by atoms with Crippen molar-refractivity contribution in [1.82, 2.24) is 9.88 Å². The van der Waals surface area contributed by atoms with E-state index in [1.54, 1.807) is 12.1 Å². The number of carboxylic acids is 1. The van der Waals surface area contributed by atoms with Crippen molar-refractivity contribution >= 4 is 11.8 Å². The molecule has 0 aromatic carbocycles. The van der Waals surface area contributed by atoms with E-state index in [0.717, 1.165) is 30.9 Å². The van der Waals surface area contributed by atoms with Gasteiger partial charge in [0.05, 0.1) is 18.2 Å². The molecular formula is C17H22N4O2. The van der Waals surface area contributed by atoms with Gasteiger partial charge in [-0.2, -0.15) is 5.26 Å². The fraction of sp³-hybridized carbons (Fsp3) is 0.588. The van der Waals surface area contributed by atoms with E-state index in [1.807, 2.05) is 6.92 Å². The van der Waals surface area contributed by atoms with E-state index in [-0.39, 0.29) is 6.54 Å². The summed E-state index contributed by atoms with van der Waals surface area (Å²) < 4.78 is 0. The summed E-state index contributed by atoms with van der Waals surface area (Å²) in [5.41, 5.74) is 1.43. The molecule has 0 radical (unpaired) electrons. The molecule has 0 saturated heterocycles. The number of hydrogen-bond donors (Lipinski definition) is 2. The molecule has 122 valence electrons. The summed E-state index contributed by atoms with van der Waals surface area (Å²) in [5, 5.41) is 21.5. The van der Waals surface area contributed by atoms with Gasteiger partial charge in [0.2, 0.25) is 0 Å². The molecule has 2 aliphatic rings. The molecule has 6 heteroatoms. The number of carboxylic acid groups (broad SMARTS) is 1. The van der Waals surface area contributed by atoms with Crippen LogP contribution in [0.1, 0.15) is 36.9 Å². The van der Waals surface area contributed by atoms with Crippen LogP contribution in [0, 0.1) is 24.2 Å². The maximum absolute atomic E-state index is 11.0. The van der Waals surface area contributed by atoms with Crippen LogP contribution in [0.3, 0.4) is 0 Å². The topological polar surface area (TPSA) is 89.2 Å². The van der Waals surface area contributed by atoms with Gasteiger partial charge in [-0.1, -0.05) is 0 Å². The smallest absolute Gasteiger partial charge is 0.317 e. The first-order chi connectivity index (χ1) is 11.0. The molecule has 3 rings (SSSR count). The second-order valence-corrected chi connectivity index (χ2v) is 6.73. The Bertz CT molecular complexity index is 630. The maximum Gasteiger partial charge on any atom is 0.317 e. The summed E-state index contributed by atoms with van der Waals surface area (Å²) >= 11 is 0. The first-order valence-corrected chi connectivity index (χ1v) is 8.14. The van der Waals surface area contributed by atoms with Crippen molar-refractivity contribution in [2.75, 3.05) is 18.4 Å². The molecule has 6 nitrogen and oxygen atoms in total. The van der Waals surface area contributed by atoms with Crippen molar-refractivity contribution in [2.45, 2.75) is 44.7 Å². The number of nitriles is 1. The predicted molar refractivity (Wildman–Crippen MR) is 86.1 cm³/mol. The van der Waals surface area contributed by atoms with E-state index in [0.29, 0.717) is 23.6 Å². The largest absolute Gasteiger partial charge is 0.480 e. The maximum atomic E-state index is 11.0. The van der Waals surface area contributed by atoms with Crippen molar-refractivity contribution in [1.29, 1.82) is 5.26 Å². The fourth-order valence-electron chi connectivity index (χ4n) is 3.17. The molecule has 2 N–H and O–H groups in total. The molecule has 2 saturated carbocycles. The molecule has 0 unspecified atom stereocenters. The van der Waals surface area contributed by atoms with Gasteiger partial charge in [-0.3, -0.25) is 9.69 Å². The highest BCUT2D eigenvalue weighted by Gasteiger charge is 2.37. The quantitative estimate of drug-likeness (QED) is 0.800. The van der Waals surface area contributed by atoms with Crippen molar-refractivity contribution in [3.63, 3.8) is 0 Å². The van der Waals surface area contributed by atoms with Crippen LogP contribution < -0.4 is 5.32 Å². The third-order valence-electron chi connectivity index (χ3n) is 4.59. The number of aryl methyl sites for hydroxylation is 1. The van der Waals surface area contributed by atoms with Crippen LogP contribution in [0.5, 0.6) is 0 Å². The number of aromatic nitrogens is 1. The Kier molecular flexibility index (Phi) is 4.49. The third-order valence-corrected chi connectivity index (χ3v) is 4.59. The Morgan fingerprint density at radius 2 is 2.22 bits per heavy atom. The van der Waals surface area contributed by atoms with E-state index in [2.05, 4.69) is 21.3 Å². The minimum Gasteiger partial charge on any atom is -0.480 e. The minimum atomic E-state index is -0.749. The van der Waals surface area contributed by atoms with Crippen molar-refractivity contribution < 1.29 is 9.90 Å². The zero-order chi connectivity index (χ0) is 16.4. The lowest BCUT2D eigenvalue weighted by atomic mass is 9.85. The SMILES string of the molecule is Cc1cc(C#N)cc(NC2CC(N(CC(=O)O)CC3CC3)C2)n1. The Balaban J connectivity index is 1.54. The number of pyridine rings is 1. The summed E-state index contributed by atoms with van der Waals surface area (Å²) in [4.78, 5) is 17.6. The lowest BCUT2D eigenvalue weighted by Crippen LogP contribution is -2.52. The Morgan fingerprint density at radius 3 is 2.83 bits per heavy atom. The number of nitrogens with zero attached hydrogens (tertiary/aromatic N) is 3. The molecule has 0 spiro atoms. The summed E-state index contributed by atoms with van der Waals surface area (Å²) in [7, 11) is 0. The highest BCUT2D eigenvalue weighted by molar-refractivity contribution is 5.69.